The van der Waals surface area contributed by atoms with E-state index in [0.29, 0.717) is 16.1 Å². The molecule has 1 atom stereocenters. The van der Waals surface area contributed by atoms with Crippen molar-refractivity contribution in [3.05, 3.63) is 53.1 Å². The smallest absolute Gasteiger partial charge is 0.335 e. The van der Waals surface area contributed by atoms with E-state index in [0.717, 1.165) is 22.8 Å². The Morgan fingerprint density at radius 3 is 2.14 bits per heavy atom. The number of anilines is 1. The van der Waals surface area contributed by atoms with Crippen molar-refractivity contribution in [2.45, 2.75) is 53.6 Å². The minimum atomic E-state index is -0.912. The van der Waals surface area contributed by atoms with Crippen molar-refractivity contribution in [1.82, 2.24) is 4.48 Å². The average molecular weight is 381 g/mol. The van der Waals surface area contributed by atoms with Gasteiger partial charge in [-0.15, -0.1) is 0 Å². The predicted molar refractivity (Wildman–Crippen MR) is 117 cm³/mol. The maximum Gasteiger partial charge on any atom is 0.335 e. The SMILES string of the molecule is Cc1cc(C(=O)O)cc(C)c1N=C1N(C(C)C)c2ccccc2[N+]1(C)C(C)C. The van der Waals surface area contributed by atoms with Gasteiger partial charge in [0.2, 0.25) is 0 Å². The van der Waals surface area contributed by atoms with Gasteiger partial charge in [-0.2, -0.15) is 4.99 Å². The molecule has 148 valence electrons. The Hall–Kier alpha value is -2.66. The van der Waals surface area contributed by atoms with Gasteiger partial charge in [-0.05, 0) is 70.9 Å². The summed E-state index contributed by atoms with van der Waals surface area (Å²) in [4.78, 5) is 18.9. The van der Waals surface area contributed by atoms with Crippen molar-refractivity contribution in [3.8, 4) is 0 Å². The van der Waals surface area contributed by atoms with Crippen LogP contribution in [-0.2, 0) is 0 Å². The first-order valence-electron chi connectivity index (χ1n) is 9.77. The lowest BCUT2D eigenvalue weighted by Gasteiger charge is -2.35. The Morgan fingerprint density at radius 1 is 1.07 bits per heavy atom. The summed E-state index contributed by atoms with van der Waals surface area (Å²) >= 11 is 0. The van der Waals surface area contributed by atoms with Crippen LogP contribution in [0.3, 0.4) is 0 Å². The van der Waals surface area contributed by atoms with Crippen LogP contribution in [0.1, 0.15) is 49.2 Å². The molecule has 0 aromatic heterocycles. The van der Waals surface area contributed by atoms with E-state index in [1.165, 1.54) is 11.4 Å². The number of aliphatic imine (C=N–C) groups is 1. The van der Waals surface area contributed by atoms with Gasteiger partial charge in [0, 0.05) is 12.1 Å². The number of rotatable bonds is 4. The molecule has 3 rings (SSSR count). The molecule has 0 spiro atoms. The Bertz CT molecular complexity index is 939. The van der Waals surface area contributed by atoms with Crippen molar-refractivity contribution in [2.24, 2.45) is 4.99 Å². The predicted octanol–water partition coefficient (Wildman–Crippen LogP) is 5.26. The number of benzene rings is 2. The van der Waals surface area contributed by atoms with Gasteiger partial charge in [0.25, 0.3) is 0 Å². The Balaban J connectivity index is 2.28. The van der Waals surface area contributed by atoms with Crippen LogP contribution in [-0.4, -0.2) is 36.2 Å². The van der Waals surface area contributed by atoms with Gasteiger partial charge in [-0.3, -0.25) is 4.90 Å². The topological polar surface area (TPSA) is 52.9 Å². The summed E-state index contributed by atoms with van der Waals surface area (Å²) in [6, 6.07) is 12.4. The average Bonchev–Trinajstić information content (AvgIpc) is 2.88. The second kappa shape index (κ2) is 7.06. The molecule has 1 heterocycles. The van der Waals surface area contributed by atoms with Gasteiger partial charge in [0.1, 0.15) is 5.69 Å². The third-order valence-corrected chi connectivity index (χ3v) is 5.77. The maximum absolute atomic E-state index is 11.4. The summed E-state index contributed by atoms with van der Waals surface area (Å²) in [6.07, 6.45) is 0. The van der Waals surface area contributed by atoms with Crippen molar-refractivity contribution in [2.75, 3.05) is 11.9 Å². The number of carboxylic acid groups (broad SMARTS) is 1. The van der Waals surface area contributed by atoms with Crippen molar-refractivity contribution in [1.29, 1.82) is 0 Å². The van der Waals surface area contributed by atoms with Gasteiger partial charge in [-0.1, -0.05) is 12.1 Å². The normalized spacial score (nSPS) is 20.3. The summed E-state index contributed by atoms with van der Waals surface area (Å²) in [7, 11) is 2.21. The summed E-state index contributed by atoms with van der Waals surface area (Å²) < 4.78 is 0.605. The van der Waals surface area contributed by atoms with E-state index >= 15 is 0 Å². The molecular weight excluding hydrogens is 350 g/mol. The molecule has 1 aliphatic rings. The first-order valence-corrected chi connectivity index (χ1v) is 9.77. The summed E-state index contributed by atoms with van der Waals surface area (Å²) in [6.45, 7) is 12.6. The highest BCUT2D eigenvalue weighted by molar-refractivity contribution is 6.13. The van der Waals surface area contributed by atoms with Crippen LogP contribution in [0.4, 0.5) is 17.1 Å². The van der Waals surface area contributed by atoms with Gasteiger partial charge < -0.3 is 5.11 Å². The number of hydrogen-bond donors (Lipinski definition) is 1. The lowest BCUT2D eigenvalue weighted by Crippen LogP contribution is -2.58. The standard InChI is InChI=1S/C23H29N3O2/c1-14(2)25-19-10-8-9-11-20(19)26(7,15(3)4)23(25)24-21-16(5)12-18(22(27)28)13-17(21)6/h8-15H,1-7H3/p+1. The van der Waals surface area contributed by atoms with Gasteiger partial charge in [0.15, 0.2) is 5.69 Å². The quantitative estimate of drug-likeness (QED) is 0.736. The molecule has 0 saturated carbocycles. The lowest BCUT2D eigenvalue weighted by atomic mass is 10.0. The first-order chi connectivity index (χ1) is 13.1. The summed E-state index contributed by atoms with van der Waals surface area (Å²) in [5.41, 5.74) is 5.33. The minimum Gasteiger partial charge on any atom is -0.478 e. The van der Waals surface area contributed by atoms with Crippen LogP contribution in [0.2, 0.25) is 0 Å². The highest BCUT2D eigenvalue weighted by Crippen LogP contribution is 2.45. The maximum atomic E-state index is 11.4. The third-order valence-electron chi connectivity index (χ3n) is 5.77. The molecule has 28 heavy (non-hydrogen) atoms. The van der Waals surface area contributed by atoms with Crippen LogP contribution >= 0.6 is 0 Å². The van der Waals surface area contributed by atoms with E-state index < -0.39 is 5.97 Å². The molecule has 2 aromatic rings. The zero-order chi connectivity index (χ0) is 20.8. The number of aryl methyl sites for hydroxylation is 2. The molecule has 0 bridgehead atoms. The fourth-order valence-electron chi connectivity index (χ4n) is 4.03. The highest BCUT2D eigenvalue weighted by atomic mass is 16.4. The van der Waals surface area contributed by atoms with Crippen LogP contribution in [0, 0.1) is 13.8 Å². The number of carbonyl (C=O) groups is 1. The molecular formula is C23H30N3O2+. The largest absolute Gasteiger partial charge is 0.478 e. The molecule has 1 N–H and O–H groups in total. The van der Waals surface area contributed by atoms with Crippen molar-refractivity contribution < 1.29 is 9.90 Å². The number of quaternary nitrogens is 1. The molecule has 0 saturated heterocycles. The second-order valence-electron chi connectivity index (χ2n) is 8.30. The van der Waals surface area contributed by atoms with Gasteiger partial charge in [-0.25, -0.2) is 9.28 Å². The zero-order valence-corrected chi connectivity index (χ0v) is 17.8. The molecule has 1 unspecified atom stereocenters. The first kappa shape index (κ1) is 20.1. The molecule has 5 nitrogen and oxygen atoms in total. The van der Waals surface area contributed by atoms with Crippen LogP contribution in [0.15, 0.2) is 41.4 Å². The van der Waals surface area contributed by atoms with Gasteiger partial charge >= 0.3 is 11.9 Å². The monoisotopic (exact) mass is 380 g/mol. The van der Waals surface area contributed by atoms with Crippen molar-refractivity contribution >= 4 is 29.0 Å². The zero-order valence-electron chi connectivity index (χ0n) is 17.8. The number of aromatic carboxylic acids is 1. The lowest BCUT2D eigenvalue weighted by molar-refractivity contribution is 0.0696. The minimum absolute atomic E-state index is 0.248. The Labute approximate surface area is 167 Å². The number of nitrogens with zero attached hydrogens (tertiary/aromatic N) is 3. The molecule has 0 fully saturated rings. The second-order valence-corrected chi connectivity index (χ2v) is 8.30. The fraction of sp³-hybridized carbons (Fsp3) is 0.391. The number of para-hydroxylation sites is 2. The van der Waals surface area contributed by atoms with Gasteiger partial charge in [0.05, 0.1) is 24.3 Å². The molecule has 0 amide bonds. The van der Waals surface area contributed by atoms with Crippen molar-refractivity contribution in [3.63, 3.8) is 0 Å². The molecule has 2 aromatic carbocycles. The van der Waals surface area contributed by atoms with E-state index in [1.54, 1.807) is 12.1 Å². The number of carboxylic acids is 1. The van der Waals surface area contributed by atoms with E-state index in [4.69, 9.17) is 4.99 Å². The van der Waals surface area contributed by atoms with Crippen LogP contribution < -0.4 is 9.38 Å². The summed E-state index contributed by atoms with van der Waals surface area (Å²) in [5.74, 6) is 0.0609. The molecule has 1 aliphatic heterocycles. The van der Waals surface area contributed by atoms with Crippen LogP contribution in [0.25, 0.3) is 0 Å². The van der Waals surface area contributed by atoms with Crippen LogP contribution in [0.5, 0.6) is 0 Å². The fourth-order valence-corrected chi connectivity index (χ4v) is 4.03. The number of fused-ring (bicyclic) bond motifs is 1. The third kappa shape index (κ3) is 3.00. The molecule has 0 radical (unpaired) electrons. The molecule has 0 aliphatic carbocycles. The number of hydrogen-bond acceptors (Lipinski definition) is 2. The Kier molecular flexibility index (Phi) is 5.06. The highest BCUT2D eigenvalue weighted by Gasteiger charge is 2.49. The van der Waals surface area contributed by atoms with E-state index in [2.05, 4.69) is 63.9 Å². The molecule has 5 heteroatoms. The van der Waals surface area contributed by atoms with E-state index in [1.807, 2.05) is 13.8 Å². The van der Waals surface area contributed by atoms with E-state index in [-0.39, 0.29) is 6.04 Å². The number of guanidine groups is 1. The van der Waals surface area contributed by atoms with E-state index in [9.17, 15) is 9.90 Å². The summed E-state index contributed by atoms with van der Waals surface area (Å²) in [5, 5.41) is 9.35. The Morgan fingerprint density at radius 2 is 1.64 bits per heavy atom.